The van der Waals surface area contributed by atoms with Gasteiger partial charge in [-0.15, -0.1) is 0 Å². The zero-order valence-electron chi connectivity index (χ0n) is 17.4. The van der Waals surface area contributed by atoms with Gasteiger partial charge in [-0.25, -0.2) is 9.37 Å². The van der Waals surface area contributed by atoms with Gasteiger partial charge in [-0.1, -0.05) is 35.0 Å². The van der Waals surface area contributed by atoms with Crippen molar-refractivity contribution < 1.29 is 9.13 Å². The summed E-state index contributed by atoms with van der Waals surface area (Å²) >= 11 is 10.4. The molecule has 9 heteroatoms. The summed E-state index contributed by atoms with van der Waals surface area (Å²) in [4.78, 5) is 17.6. The number of nitrogens with zero attached hydrogens (tertiary/aromatic N) is 3. The van der Waals surface area contributed by atoms with E-state index in [2.05, 4.69) is 57.9 Å². The van der Waals surface area contributed by atoms with Gasteiger partial charge in [-0.05, 0) is 85.5 Å². The summed E-state index contributed by atoms with van der Waals surface area (Å²) < 4.78 is 22.8. The van der Waals surface area contributed by atoms with Crippen molar-refractivity contribution in [2.75, 3.05) is 0 Å². The van der Waals surface area contributed by atoms with Crippen molar-refractivity contribution >= 4 is 64.9 Å². The van der Waals surface area contributed by atoms with Gasteiger partial charge < -0.3 is 4.74 Å². The van der Waals surface area contributed by atoms with Crippen LogP contribution in [0.25, 0.3) is 10.9 Å². The molecule has 0 fully saturated rings. The molecule has 33 heavy (non-hydrogen) atoms. The van der Waals surface area contributed by atoms with Gasteiger partial charge in [-0.3, -0.25) is 4.79 Å². The number of aromatic nitrogens is 2. The van der Waals surface area contributed by atoms with E-state index < -0.39 is 0 Å². The van der Waals surface area contributed by atoms with Crippen LogP contribution in [-0.2, 0) is 13.0 Å². The number of ether oxygens (including phenoxy) is 1. The maximum atomic E-state index is 13.4. The predicted molar refractivity (Wildman–Crippen MR) is 139 cm³/mol. The van der Waals surface area contributed by atoms with E-state index >= 15 is 0 Å². The van der Waals surface area contributed by atoms with Crippen LogP contribution in [0, 0.1) is 5.82 Å². The second-order valence-corrected chi connectivity index (χ2v) is 9.76. The number of fused-ring (bicyclic) bond motifs is 1. The molecule has 0 aliphatic rings. The highest BCUT2D eigenvalue weighted by Gasteiger charge is 2.12. The first-order chi connectivity index (χ1) is 15.9. The maximum absolute atomic E-state index is 13.4. The SMILES string of the molecule is CCc1nc2ccc(Br)cc2c(=O)n1N=Cc1cc(Br)c(OCc2cccc(F)c2)c(Br)c1. The molecule has 1 aromatic heterocycles. The number of benzene rings is 3. The summed E-state index contributed by atoms with van der Waals surface area (Å²) in [7, 11) is 0. The van der Waals surface area contributed by atoms with Gasteiger partial charge in [0.15, 0.2) is 0 Å². The Labute approximate surface area is 214 Å². The van der Waals surface area contributed by atoms with Crippen LogP contribution in [0.5, 0.6) is 5.75 Å². The van der Waals surface area contributed by atoms with Crippen molar-refractivity contribution in [3.05, 3.63) is 101 Å². The summed E-state index contributed by atoms with van der Waals surface area (Å²) in [5, 5.41) is 4.91. The minimum Gasteiger partial charge on any atom is -0.487 e. The first kappa shape index (κ1) is 23.8. The Morgan fingerprint density at radius 3 is 2.55 bits per heavy atom. The van der Waals surface area contributed by atoms with Crippen molar-refractivity contribution in [1.29, 1.82) is 0 Å². The maximum Gasteiger partial charge on any atom is 0.282 e. The fourth-order valence-corrected chi connectivity index (χ4v) is 5.05. The third kappa shape index (κ3) is 5.42. The average molecular weight is 638 g/mol. The van der Waals surface area contributed by atoms with Crippen molar-refractivity contribution in [2.24, 2.45) is 5.10 Å². The molecule has 0 saturated heterocycles. The van der Waals surface area contributed by atoms with Crippen LogP contribution >= 0.6 is 47.8 Å². The van der Waals surface area contributed by atoms with Crippen molar-refractivity contribution in [2.45, 2.75) is 20.0 Å². The normalized spacial score (nSPS) is 11.4. The van der Waals surface area contributed by atoms with Crippen LogP contribution in [-0.4, -0.2) is 15.9 Å². The molecule has 3 aromatic carbocycles. The van der Waals surface area contributed by atoms with Crippen molar-refractivity contribution in [1.82, 2.24) is 9.66 Å². The smallest absolute Gasteiger partial charge is 0.282 e. The highest BCUT2D eigenvalue weighted by Crippen LogP contribution is 2.35. The Bertz CT molecular complexity index is 1410. The highest BCUT2D eigenvalue weighted by atomic mass is 79.9. The second kappa shape index (κ2) is 10.3. The summed E-state index contributed by atoms with van der Waals surface area (Å²) in [6, 6.07) is 15.3. The molecule has 0 saturated carbocycles. The van der Waals surface area contributed by atoms with Crippen molar-refractivity contribution in [3.8, 4) is 5.75 Å². The zero-order valence-corrected chi connectivity index (χ0v) is 22.1. The molecule has 4 rings (SSSR count). The number of aryl methyl sites for hydroxylation is 1. The Morgan fingerprint density at radius 1 is 1.09 bits per heavy atom. The molecule has 0 bridgehead atoms. The van der Waals surface area contributed by atoms with Gasteiger partial charge in [0.05, 0.1) is 26.1 Å². The Hall–Kier alpha value is -2.36. The molecule has 1 heterocycles. The lowest BCUT2D eigenvalue weighted by Crippen LogP contribution is -2.22. The number of rotatable bonds is 6. The highest BCUT2D eigenvalue weighted by molar-refractivity contribution is 9.11. The molecule has 0 N–H and O–H groups in total. The molecule has 0 amide bonds. The number of hydrogen-bond donors (Lipinski definition) is 0. The summed E-state index contributed by atoms with van der Waals surface area (Å²) in [5.74, 6) is 0.845. The van der Waals surface area contributed by atoms with Crippen LogP contribution in [0.3, 0.4) is 0 Å². The van der Waals surface area contributed by atoms with E-state index in [4.69, 9.17) is 4.74 Å². The molecule has 0 spiro atoms. The van der Waals surface area contributed by atoms with E-state index in [1.807, 2.05) is 31.2 Å². The molecular weight excluding hydrogens is 621 g/mol. The van der Waals surface area contributed by atoms with E-state index in [0.29, 0.717) is 37.8 Å². The predicted octanol–water partition coefficient (Wildman–Crippen LogP) is 6.85. The molecule has 0 unspecified atom stereocenters. The van der Waals surface area contributed by atoms with Crippen LogP contribution in [0.4, 0.5) is 4.39 Å². The zero-order chi connectivity index (χ0) is 23.5. The minimum absolute atomic E-state index is 0.218. The first-order valence-electron chi connectivity index (χ1n) is 9.97. The molecule has 0 radical (unpaired) electrons. The lowest BCUT2D eigenvalue weighted by Gasteiger charge is -2.12. The standard InChI is InChI=1S/C24H17Br3FN3O2/c1-2-22-30-21-7-6-16(25)11-18(21)24(32)31(22)29-12-15-9-19(26)23(20(27)10-15)33-13-14-4-3-5-17(28)8-14/h3-12H,2,13H2,1H3. The Balaban J connectivity index is 1.63. The van der Waals surface area contributed by atoms with Gasteiger partial charge >= 0.3 is 0 Å². The van der Waals surface area contributed by atoms with E-state index in [1.54, 1.807) is 24.4 Å². The van der Waals surface area contributed by atoms with Gasteiger partial charge in [-0.2, -0.15) is 9.78 Å². The van der Waals surface area contributed by atoms with Crippen molar-refractivity contribution in [3.63, 3.8) is 0 Å². The summed E-state index contributed by atoms with van der Waals surface area (Å²) in [6.45, 7) is 2.15. The lowest BCUT2D eigenvalue weighted by atomic mass is 10.2. The molecule has 4 aromatic rings. The van der Waals surface area contributed by atoms with Crippen LogP contribution < -0.4 is 10.3 Å². The number of halogens is 4. The van der Waals surface area contributed by atoms with Crippen LogP contribution in [0.15, 0.2) is 77.9 Å². The van der Waals surface area contributed by atoms with E-state index in [9.17, 15) is 9.18 Å². The monoisotopic (exact) mass is 635 g/mol. The number of hydrogen-bond acceptors (Lipinski definition) is 4. The Morgan fingerprint density at radius 2 is 1.85 bits per heavy atom. The average Bonchev–Trinajstić information content (AvgIpc) is 2.78. The largest absolute Gasteiger partial charge is 0.487 e. The summed E-state index contributed by atoms with van der Waals surface area (Å²) in [6.07, 6.45) is 2.15. The van der Waals surface area contributed by atoms with E-state index in [1.165, 1.54) is 16.8 Å². The fraction of sp³-hybridized carbons (Fsp3) is 0.125. The third-order valence-electron chi connectivity index (χ3n) is 4.81. The topological polar surface area (TPSA) is 56.5 Å². The molecule has 0 atom stereocenters. The Kier molecular flexibility index (Phi) is 7.41. The van der Waals surface area contributed by atoms with E-state index in [-0.39, 0.29) is 18.0 Å². The minimum atomic E-state index is -0.307. The van der Waals surface area contributed by atoms with Gasteiger partial charge in [0.25, 0.3) is 5.56 Å². The quantitative estimate of drug-likeness (QED) is 0.218. The van der Waals surface area contributed by atoms with Gasteiger partial charge in [0, 0.05) is 10.9 Å². The van der Waals surface area contributed by atoms with Crippen LogP contribution in [0.1, 0.15) is 23.9 Å². The molecular formula is C24H17Br3FN3O2. The molecule has 168 valence electrons. The summed E-state index contributed by atoms with van der Waals surface area (Å²) in [5.41, 5.74) is 1.87. The van der Waals surface area contributed by atoms with Gasteiger partial charge in [0.1, 0.15) is 24.0 Å². The fourth-order valence-electron chi connectivity index (χ4n) is 3.24. The molecule has 0 aliphatic heterocycles. The van der Waals surface area contributed by atoms with Crippen LogP contribution in [0.2, 0.25) is 0 Å². The third-order valence-corrected chi connectivity index (χ3v) is 6.48. The molecule has 0 aliphatic carbocycles. The second-order valence-electron chi connectivity index (χ2n) is 7.14. The van der Waals surface area contributed by atoms with Gasteiger partial charge in [0.2, 0.25) is 0 Å². The molecule has 5 nitrogen and oxygen atoms in total. The lowest BCUT2D eigenvalue weighted by molar-refractivity contribution is 0.301. The first-order valence-corrected chi connectivity index (χ1v) is 12.4. The van der Waals surface area contributed by atoms with E-state index in [0.717, 1.165) is 15.6 Å².